The fourth-order valence-electron chi connectivity index (χ4n) is 3.18. The van der Waals surface area contributed by atoms with E-state index in [1.165, 1.54) is 12.7 Å². The van der Waals surface area contributed by atoms with Gasteiger partial charge in [-0.2, -0.15) is 0 Å². The summed E-state index contributed by atoms with van der Waals surface area (Å²) in [5.74, 6) is -0.468. The fourth-order valence-corrected chi connectivity index (χ4v) is 3.18. The summed E-state index contributed by atoms with van der Waals surface area (Å²) >= 11 is 0. The Bertz CT molecular complexity index is 672. The highest BCUT2D eigenvalue weighted by molar-refractivity contribution is 5.89. The zero-order valence-electron chi connectivity index (χ0n) is 16.3. The van der Waals surface area contributed by atoms with Gasteiger partial charge in [-0.05, 0) is 44.7 Å². The second-order valence-electron chi connectivity index (χ2n) is 7.75. The summed E-state index contributed by atoms with van der Waals surface area (Å²) in [6.45, 7) is 7.49. The topological polar surface area (TPSA) is 64.6 Å². The molecule has 0 spiro atoms. The van der Waals surface area contributed by atoms with Gasteiger partial charge in [-0.15, -0.1) is 0 Å². The minimum absolute atomic E-state index is 0.0275. The first kappa shape index (κ1) is 20.0. The van der Waals surface area contributed by atoms with Crippen molar-refractivity contribution in [3.8, 4) is 0 Å². The minimum atomic E-state index is -1.20. The number of allylic oxidation sites excluding steroid dienone is 1. The van der Waals surface area contributed by atoms with Crippen molar-refractivity contribution in [2.24, 2.45) is 0 Å². The number of amides is 1. The van der Waals surface area contributed by atoms with Crippen LogP contribution in [0.5, 0.6) is 0 Å². The largest absolute Gasteiger partial charge is 0.467 e. The second-order valence-corrected chi connectivity index (χ2v) is 7.75. The molecule has 5 heteroatoms. The predicted octanol–water partition coefficient (Wildman–Crippen LogP) is 4.12. The summed E-state index contributed by atoms with van der Waals surface area (Å²) < 4.78 is 10.3. The Morgan fingerprint density at radius 3 is 2.42 bits per heavy atom. The molecule has 0 unspecified atom stereocenters. The first-order valence-electron chi connectivity index (χ1n) is 9.07. The first-order valence-corrected chi connectivity index (χ1v) is 9.07. The molecule has 142 valence electrons. The van der Waals surface area contributed by atoms with Crippen LogP contribution in [0.3, 0.4) is 0 Å². The van der Waals surface area contributed by atoms with Gasteiger partial charge in [-0.3, -0.25) is 0 Å². The molecule has 0 fully saturated rings. The lowest BCUT2D eigenvalue weighted by Gasteiger charge is -2.29. The van der Waals surface area contributed by atoms with Gasteiger partial charge in [0, 0.05) is 5.92 Å². The first-order chi connectivity index (χ1) is 12.2. The molecule has 0 bridgehead atoms. The normalized spacial score (nSPS) is 22.1. The standard InChI is InChI=1S/C21H29NO4/c1-6-7-15-8-10-16(11-9-15)17-12-13-21(14-17,18(23)25-5)22-19(24)26-20(2,3)4/h8-13,17H,6-7,14H2,1-5H3,(H,22,24)/t17-,21+/m0/s1. The molecule has 2 atom stereocenters. The van der Waals surface area contributed by atoms with Crippen molar-refractivity contribution in [3.63, 3.8) is 0 Å². The molecule has 1 aromatic carbocycles. The van der Waals surface area contributed by atoms with Crippen molar-refractivity contribution in [1.29, 1.82) is 0 Å². The van der Waals surface area contributed by atoms with Gasteiger partial charge in [-0.1, -0.05) is 49.8 Å². The van der Waals surface area contributed by atoms with E-state index in [1.54, 1.807) is 26.8 Å². The number of aryl methyl sites for hydroxylation is 1. The van der Waals surface area contributed by atoms with Gasteiger partial charge in [-0.25, -0.2) is 9.59 Å². The molecule has 0 aromatic heterocycles. The van der Waals surface area contributed by atoms with Gasteiger partial charge >= 0.3 is 12.1 Å². The molecule has 0 heterocycles. The number of hydrogen-bond acceptors (Lipinski definition) is 4. The van der Waals surface area contributed by atoms with E-state index in [4.69, 9.17) is 9.47 Å². The third-order valence-electron chi connectivity index (χ3n) is 4.38. The lowest BCUT2D eigenvalue weighted by molar-refractivity contribution is -0.146. The maximum absolute atomic E-state index is 12.4. The molecule has 0 radical (unpaired) electrons. The van der Waals surface area contributed by atoms with Gasteiger partial charge in [0.25, 0.3) is 0 Å². The Balaban J connectivity index is 2.16. The number of esters is 1. The molecule has 1 aromatic rings. The Kier molecular flexibility index (Phi) is 6.11. The van der Waals surface area contributed by atoms with Crippen LogP contribution in [0.15, 0.2) is 36.4 Å². The van der Waals surface area contributed by atoms with Crippen LogP contribution in [0.25, 0.3) is 0 Å². The monoisotopic (exact) mass is 359 g/mol. The number of carbonyl (C=O) groups is 2. The maximum Gasteiger partial charge on any atom is 0.408 e. The van der Waals surface area contributed by atoms with Crippen LogP contribution in [0, 0.1) is 0 Å². The highest BCUT2D eigenvalue weighted by Gasteiger charge is 2.45. The summed E-state index contributed by atoms with van der Waals surface area (Å²) in [4.78, 5) is 24.6. The number of ether oxygens (including phenoxy) is 2. The minimum Gasteiger partial charge on any atom is -0.467 e. The number of rotatable bonds is 5. The number of alkyl carbamates (subject to hydrolysis) is 1. The van der Waals surface area contributed by atoms with Crippen LogP contribution < -0.4 is 5.32 Å². The van der Waals surface area contributed by atoms with Gasteiger partial charge in [0.15, 0.2) is 5.54 Å². The number of nitrogens with one attached hydrogen (secondary N) is 1. The molecular formula is C21H29NO4. The van der Waals surface area contributed by atoms with Crippen LogP contribution in [-0.2, 0) is 20.7 Å². The van der Waals surface area contributed by atoms with Crippen molar-refractivity contribution in [2.45, 2.75) is 64.0 Å². The highest BCUT2D eigenvalue weighted by atomic mass is 16.6. The number of methoxy groups -OCH3 is 1. The van der Waals surface area contributed by atoms with Crippen molar-refractivity contribution in [3.05, 3.63) is 47.5 Å². The van der Waals surface area contributed by atoms with Crippen LogP contribution >= 0.6 is 0 Å². The van der Waals surface area contributed by atoms with Gasteiger partial charge in [0.05, 0.1) is 7.11 Å². The van der Waals surface area contributed by atoms with E-state index in [9.17, 15) is 9.59 Å². The van der Waals surface area contributed by atoms with Crippen molar-refractivity contribution < 1.29 is 19.1 Å². The fraction of sp³-hybridized carbons (Fsp3) is 0.524. The highest BCUT2D eigenvalue weighted by Crippen LogP contribution is 2.36. The van der Waals surface area contributed by atoms with E-state index in [2.05, 4.69) is 36.5 Å². The molecule has 0 aliphatic heterocycles. The predicted molar refractivity (Wildman–Crippen MR) is 101 cm³/mol. The number of hydrogen-bond donors (Lipinski definition) is 1. The molecule has 26 heavy (non-hydrogen) atoms. The third-order valence-corrected chi connectivity index (χ3v) is 4.38. The van der Waals surface area contributed by atoms with Gasteiger partial charge in [0.1, 0.15) is 5.60 Å². The van der Waals surface area contributed by atoms with E-state index >= 15 is 0 Å². The Hall–Kier alpha value is -2.30. The molecular weight excluding hydrogens is 330 g/mol. The van der Waals surface area contributed by atoms with E-state index in [0.717, 1.165) is 18.4 Å². The zero-order chi connectivity index (χ0) is 19.4. The van der Waals surface area contributed by atoms with Crippen molar-refractivity contribution >= 4 is 12.1 Å². The van der Waals surface area contributed by atoms with Gasteiger partial charge < -0.3 is 14.8 Å². The van der Waals surface area contributed by atoms with Crippen LogP contribution in [0.2, 0.25) is 0 Å². The van der Waals surface area contributed by atoms with Crippen molar-refractivity contribution in [1.82, 2.24) is 5.32 Å². The summed E-state index contributed by atoms with van der Waals surface area (Å²) in [7, 11) is 1.32. The quantitative estimate of drug-likeness (QED) is 0.634. The SMILES string of the molecule is CCCc1ccc([C@H]2C=C[C@](NC(=O)OC(C)(C)C)(C(=O)OC)C2)cc1. The average Bonchev–Trinajstić information content (AvgIpc) is 2.98. The summed E-state index contributed by atoms with van der Waals surface area (Å²) in [5, 5.41) is 2.71. The van der Waals surface area contributed by atoms with Gasteiger partial charge in [0.2, 0.25) is 0 Å². The lowest BCUT2D eigenvalue weighted by atomic mass is 9.90. The van der Waals surface area contributed by atoms with E-state index < -0.39 is 23.2 Å². The number of benzene rings is 1. The average molecular weight is 359 g/mol. The van der Waals surface area contributed by atoms with Crippen LogP contribution in [0.1, 0.15) is 57.6 Å². The molecule has 5 nitrogen and oxygen atoms in total. The summed E-state index contributed by atoms with van der Waals surface area (Å²) in [6, 6.07) is 8.40. The molecule has 0 saturated heterocycles. The second kappa shape index (κ2) is 7.94. The molecule has 0 saturated carbocycles. The van der Waals surface area contributed by atoms with Crippen LogP contribution in [0.4, 0.5) is 4.79 Å². The molecule has 2 rings (SSSR count). The summed E-state index contributed by atoms with van der Waals surface area (Å²) in [5.41, 5.74) is 0.560. The summed E-state index contributed by atoms with van der Waals surface area (Å²) in [6.07, 6.45) is 5.59. The lowest BCUT2D eigenvalue weighted by Crippen LogP contribution is -2.54. The van der Waals surface area contributed by atoms with E-state index in [-0.39, 0.29) is 5.92 Å². The molecule has 1 amide bonds. The van der Waals surface area contributed by atoms with E-state index in [1.807, 2.05) is 6.08 Å². The van der Waals surface area contributed by atoms with Crippen molar-refractivity contribution in [2.75, 3.05) is 7.11 Å². The Morgan fingerprint density at radius 2 is 1.88 bits per heavy atom. The maximum atomic E-state index is 12.4. The molecule has 1 N–H and O–H groups in total. The van der Waals surface area contributed by atoms with Crippen LogP contribution in [-0.4, -0.2) is 30.3 Å². The molecule has 1 aliphatic rings. The zero-order valence-corrected chi connectivity index (χ0v) is 16.3. The Labute approximate surface area is 155 Å². The Morgan fingerprint density at radius 1 is 1.23 bits per heavy atom. The third kappa shape index (κ3) is 4.87. The smallest absolute Gasteiger partial charge is 0.408 e. The molecule has 1 aliphatic carbocycles. The van der Waals surface area contributed by atoms with E-state index in [0.29, 0.717) is 6.42 Å². The number of carbonyl (C=O) groups excluding carboxylic acids is 2.